The Bertz CT molecular complexity index is 342. The second kappa shape index (κ2) is 7.07. The van der Waals surface area contributed by atoms with E-state index in [1.54, 1.807) is 0 Å². The summed E-state index contributed by atoms with van der Waals surface area (Å²) in [5, 5.41) is 2.79. The van der Waals surface area contributed by atoms with Crippen molar-refractivity contribution in [1.29, 1.82) is 0 Å². The van der Waals surface area contributed by atoms with Crippen LogP contribution in [0, 0.1) is 5.92 Å². The molecule has 3 atom stereocenters. The Labute approximate surface area is 121 Å². The zero-order valence-corrected chi connectivity index (χ0v) is 13.2. The minimum Gasteiger partial charge on any atom is -0.458 e. The summed E-state index contributed by atoms with van der Waals surface area (Å²) in [6, 6.07) is -0.615. The van der Waals surface area contributed by atoms with Crippen molar-refractivity contribution in [2.45, 2.75) is 71.6 Å². The molecule has 0 aromatic heterocycles. The SMILES string of the molecule is CC[C@H](C)[C@H](NC(=O)C1CCCO1)C(=O)OC(C)(C)C. The highest BCUT2D eigenvalue weighted by molar-refractivity contribution is 5.87. The highest BCUT2D eigenvalue weighted by atomic mass is 16.6. The number of hydrogen-bond donors (Lipinski definition) is 1. The van der Waals surface area contributed by atoms with Gasteiger partial charge in [-0.15, -0.1) is 0 Å². The number of carbonyl (C=O) groups is 2. The van der Waals surface area contributed by atoms with Gasteiger partial charge in [0, 0.05) is 6.61 Å². The molecular weight excluding hydrogens is 258 g/mol. The molecule has 20 heavy (non-hydrogen) atoms. The van der Waals surface area contributed by atoms with Gasteiger partial charge in [0.1, 0.15) is 17.7 Å². The molecule has 1 rings (SSSR count). The van der Waals surface area contributed by atoms with Crippen LogP contribution in [0.5, 0.6) is 0 Å². The van der Waals surface area contributed by atoms with Gasteiger partial charge in [-0.3, -0.25) is 4.79 Å². The first kappa shape index (κ1) is 17.0. The van der Waals surface area contributed by atoms with Crippen LogP contribution in [0.15, 0.2) is 0 Å². The van der Waals surface area contributed by atoms with Crippen molar-refractivity contribution in [2.24, 2.45) is 5.92 Å². The van der Waals surface area contributed by atoms with E-state index in [0.29, 0.717) is 13.0 Å². The lowest BCUT2D eigenvalue weighted by molar-refractivity contribution is -0.160. The number of hydrogen-bond acceptors (Lipinski definition) is 4. The summed E-state index contributed by atoms with van der Waals surface area (Å²) in [7, 11) is 0. The third-order valence-electron chi connectivity index (χ3n) is 3.39. The molecule has 1 fully saturated rings. The summed E-state index contributed by atoms with van der Waals surface area (Å²) in [5.74, 6) is -0.563. The Morgan fingerprint density at radius 3 is 2.50 bits per heavy atom. The zero-order chi connectivity index (χ0) is 15.3. The van der Waals surface area contributed by atoms with Crippen molar-refractivity contribution >= 4 is 11.9 Å². The number of ether oxygens (including phenoxy) is 2. The van der Waals surface area contributed by atoms with Gasteiger partial charge in [0.25, 0.3) is 0 Å². The monoisotopic (exact) mass is 285 g/mol. The molecule has 1 N–H and O–H groups in total. The van der Waals surface area contributed by atoms with Crippen molar-refractivity contribution in [2.75, 3.05) is 6.61 Å². The predicted molar refractivity (Wildman–Crippen MR) is 76.2 cm³/mol. The molecule has 0 spiro atoms. The van der Waals surface area contributed by atoms with E-state index in [-0.39, 0.29) is 17.8 Å². The maximum atomic E-state index is 12.2. The highest BCUT2D eigenvalue weighted by Gasteiger charge is 2.33. The average Bonchev–Trinajstić information content (AvgIpc) is 2.86. The molecule has 5 heteroatoms. The van der Waals surface area contributed by atoms with Crippen LogP contribution in [0.25, 0.3) is 0 Å². The fourth-order valence-corrected chi connectivity index (χ4v) is 2.07. The second-order valence-electron chi connectivity index (χ2n) is 6.41. The lowest BCUT2D eigenvalue weighted by atomic mass is 9.98. The smallest absolute Gasteiger partial charge is 0.329 e. The number of nitrogens with one attached hydrogen (secondary N) is 1. The van der Waals surface area contributed by atoms with Gasteiger partial charge in [0.05, 0.1) is 0 Å². The molecule has 0 radical (unpaired) electrons. The first-order chi connectivity index (χ1) is 9.24. The maximum Gasteiger partial charge on any atom is 0.329 e. The summed E-state index contributed by atoms with van der Waals surface area (Å²) in [5.41, 5.74) is -0.558. The van der Waals surface area contributed by atoms with Crippen LogP contribution >= 0.6 is 0 Å². The third kappa shape index (κ3) is 5.12. The van der Waals surface area contributed by atoms with E-state index in [2.05, 4.69) is 5.32 Å². The standard InChI is InChI=1S/C15H27NO4/c1-6-10(2)12(14(18)20-15(3,4)5)16-13(17)11-8-7-9-19-11/h10-12H,6-9H2,1-5H3,(H,16,17)/t10-,11?,12-/m0/s1. The van der Waals surface area contributed by atoms with E-state index in [0.717, 1.165) is 12.8 Å². The molecular formula is C15H27NO4. The first-order valence-corrected chi connectivity index (χ1v) is 7.39. The largest absolute Gasteiger partial charge is 0.458 e. The molecule has 5 nitrogen and oxygen atoms in total. The van der Waals surface area contributed by atoms with Crippen LogP contribution in [-0.4, -0.2) is 36.2 Å². The van der Waals surface area contributed by atoms with E-state index in [1.807, 2.05) is 34.6 Å². The Hall–Kier alpha value is -1.10. The lowest BCUT2D eigenvalue weighted by Crippen LogP contribution is -2.50. The van der Waals surface area contributed by atoms with E-state index in [1.165, 1.54) is 0 Å². The van der Waals surface area contributed by atoms with E-state index in [9.17, 15) is 9.59 Å². The van der Waals surface area contributed by atoms with E-state index < -0.39 is 17.7 Å². The van der Waals surface area contributed by atoms with Crippen LogP contribution in [0.4, 0.5) is 0 Å². The number of carbonyl (C=O) groups excluding carboxylic acids is 2. The van der Waals surface area contributed by atoms with Gasteiger partial charge in [-0.1, -0.05) is 20.3 Å². The maximum absolute atomic E-state index is 12.2. The van der Waals surface area contributed by atoms with Crippen LogP contribution in [0.1, 0.15) is 53.9 Å². The van der Waals surface area contributed by atoms with Gasteiger partial charge < -0.3 is 14.8 Å². The minimum absolute atomic E-state index is 0.0233. The summed E-state index contributed by atoms with van der Waals surface area (Å²) in [6.45, 7) is 9.99. The quantitative estimate of drug-likeness (QED) is 0.785. The van der Waals surface area contributed by atoms with Crippen LogP contribution < -0.4 is 5.32 Å². The number of esters is 1. The van der Waals surface area contributed by atoms with Gasteiger partial charge in [0.2, 0.25) is 5.91 Å². The van der Waals surface area contributed by atoms with Crippen LogP contribution in [0.2, 0.25) is 0 Å². The molecule has 1 saturated heterocycles. The summed E-state index contributed by atoms with van der Waals surface area (Å²) >= 11 is 0. The van der Waals surface area contributed by atoms with Crippen LogP contribution in [0.3, 0.4) is 0 Å². The molecule has 1 heterocycles. The fraction of sp³-hybridized carbons (Fsp3) is 0.867. The van der Waals surface area contributed by atoms with Gasteiger partial charge in [-0.25, -0.2) is 4.79 Å². The number of rotatable bonds is 5. The number of amides is 1. The van der Waals surface area contributed by atoms with Gasteiger partial charge >= 0.3 is 5.97 Å². The van der Waals surface area contributed by atoms with E-state index in [4.69, 9.17) is 9.47 Å². The Morgan fingerprint density at radius 2 is 2.05 bits per heavy atom. The topological polar surface area (TPSA) is 64.6 Å². The van der Waals surface area contributed by atoms with Gasteiger partial charge in [0.15, 0.2) is 0 Å². The molecule has 0 bridgehead atoms. The molecule has 1 amide bonds. The van der Waals surface area contributed by atoms with Gasteiger partial charge in [-0.05, 0) is 39.5 Å². The van der Waals surface area contributed by atoms with Crippen molar-refractivity contribution < 1.29 is 19.1 Å². The fourth-order valence-electron chi connectivity index (χ4n) is 2.07. The normalized spacial score (nSPS) is 22.1. The third-order valence-corrected chi connectivity index (χ3v) is 3.39. The molecule has 1 aliphatic rings. The average molecular weight is 285 g/mol. The van der Waals surface area contributed by atoms with Crippen molar-refractivity contribution in [3.63, 3.8) is 0 Å². The molecule has 0 aromatic carbocycles. The molecule has 0 aromatic rings. The first-order valence-electron chi connectivity index (χ1n) is 7.39. The van der Waals surface area contributed by atoms with Crippen molar-refractivity contribution in [1.82, 2.24) is 5.32 Å². The Morgan fingerprint density at radius 1 is 1.40 bits per heavy atom. The molecule has 1 aliphatic heterocycles. The highest BCUT2D eigenvalue weighted by Crippen LogP contribution is 2.17. The molecule has 116 valence electrons. The second-order valence-corrected chi connectivity index (χ2v) is 6.41. The van der Waals surface area contributed by atoms with Crippen LogP contribution in [-0.2, 0) is 19.1 Å². The lowest BCUT2D eigenvalue weighted by Gasteiger charge is -2.28. The summed E-state index contributed by atoms with van der Waals surface area (Å²) in [4.78, 5) is 24.3. The molecule has 0 saturated carbocycles. The summed E-state index contributed by atoms with van der Waals surface area (Å²) < 4.78 is 10.7. The summed E-state index contributed by atoms with van der Waals surface area (Å²) in [6.07, 6.45) is 1.96. The molecule has 1 unspecified atom stereocenters. The minimum atomic E-state index is -0.615. The van der Waals surface area contributed by atoms with Crippen molar-refractivity contribution in [3.8, 4) is 0 Å². The Kier molecular flexibility index (Phi) is 5.99. The van der Waals surface area contributed by atoms with Gasteiger partial charge in [-0.2, -0.15) is 0 Å². The van der Waals surface area contributed by atoms with Crippen molar-refractivity contribution in [3.05, 3.63) is 0 Å². The van der Waals surface area contributed by atoms with E-state index >= 15 is 0 Å². The Balaban J connectivity index is 2.68. The predicted octanol–water partition coefficient (Wildman–Crippen LogP) is 2.04. The molecule has 0 aliphatic carbocycles. The zero-order valence-electron chi connectivity index (χ0n) is 13.2.